The normalized spacial score (nSPS) is 12.9. The molecular formula is C20H16ClNO4S2. The maximum atomic E-state index is 12.4. The fourth-order valence-corrected chi connectivity index (χ4v) is 4.47. The van der Waals surface area contributed by atoms with Gasteiger partial charge in [0.05, 0.1) is 23.4 Å². The summed E-state index contributed by atoms with van der Waals surface area (Å²) in [5.74, 6) is 1.09. The fourth-order valence-electron chi connectivity index (χ4n) is 2.74. The Morgan fingerprint density at radius 2 is 2.14 bits per heavy atom. The Labute approximate surface area is 175 Å². The van der Waals surface area contributed by atoms with Crippen LogP contribution in [0.1, 0.15) is 27.2 Å². The Morgan fingerprint density at radius 3 is 2.93 bits per heavy atom. The monoisotopic (exact) mass is 433 g/mol. The van der Waals surface area contributed by atoms with Crippen molar-refractivity contribution in [1.82, 2.24) is 4.98 Å². The maximum Gasteiger partial charge on any atom is 0.338 e. The van der Waals surface area contributed by atoms with Gasteiger partial charge in [-0.05, 0) is 36.4 Å². The van der Waals surface area contributed by atoms with E-state index in [1.54, 1.807) is 47.4 Å². The molecule has 0 unspecified atom stereocenters. The predicted molar refractivity (Wildman–Crippen MR) is 109 cm³/mol. The first kappa shape index (κ1) is 19.3. The molecule has 4 rings (SSSR count). The summed E-state index contributed by atoms with van der Waals surface area (Å²) in [4.78, 5) is 17.7. The van der Waals surface area contributed by atoms with Gasteiger partial charge in [-0.2, -0.15) is 0 Å². The zero-order valence-corrected chi connectivity index (χ0v) is 17.1. The minimum atomic E-state index is -0.392. The minimum absolute atomic E-state index is 0.0854. The standard InChI is InChI=1S/C20H16ClNO4S2/c21-16-5-14-7-24-12-26-19(14)15(6-16)8-25-20(23)13-1-3-18(4-2-13)28-10-17-9-27-11-22-17/h1-6,9,11H,7-8,10,12H2. The zero-order valence-electron chi connectivity index (χ0n) is 14.7. The van der Waals surface area contributed by atoms with E-state index in [2.05, 4.69) is 4.98 Å². The molecule has 28 heavy (non-hydrogen) atoms. The van der Waals surface area contributed by atoms with Crippen molar-refractivity contribution in [2.24, 2.45) is 0 Å². The van der Waals surface area contributed by atoms with Crippen molar-refractivity contribution in [3.05, 3.63) is 74.7 Å². The number of carbonyl (C=O) groups is 1. The van der Waals surface area contributed by atoms with Crippen LogP contribution in [0.15, 0.2) is 52.2 Å². The van der Waals surface area contributed by atoms with E-state index < -0.39 is 5.97 Å². The number of ether oxygens (including phenoxy) is 3. The van der Waals surface area contributed by atoms with E-state index in [0.29, 0.717) is 22.9 Å². The van der Waals surface area contributed by atoms with Crippen LogP contribution < -0.4 is 4.74 Å². The topological polar surface area (TPSA) is 57.7 Å². The average Bonchev–Trinajstić information content (AvgIpc) is 3.24. The molecule has 0 spiro atoms. The van der Waals surface area contributed by atoms with Crippen LogP contribution in [-0.2, 0) is 28.4 Å². The molecular weight excluding hydrogens is 418 g/mol. The van der Waals surface area contributed by atoms with Gasteiger partial charge in [0.2, 0.25) is 0 Å². The molecule has 0 fully saturated rings. The number of esters is 1. The van der Waals surface area contributed by atoms with Gasteiger partial charge in [0, 0.05) is 32.2 Å². The smallest absolute Gasteiger partial charge is 0.338 e. The Morgan fingerprint density at radius 1 is 1.29 bits per heavy atom. The van der Waals surface area contributed by atoms with Crippen LogP contribution >= 0.6 is 34.7 Å². The molecule has 1 aliphatic heterocycles. The maximum absolute atomic E-state index is 12.4. The van der Waals surface area contributed by atoms with E-state index in [9.17, 15) is 4.79 Å². The lowest BCUT2D eigenvalue weighted by molar-refractivity contribution is -0.0180. The molecule has 0 bridgehead atoms. The number of thioether (sulfide) groups is 1. The summed E-state index contributed by atoms with van der Waals surface area (Å²) >= 11 is 9.40. The van der Waals surface area contributed by atoms with Gasteiger partial charge in [0.25, 0.3) is 0 Å². The molecule has 1 aromatic heterocycles. The number of halogens is 1. The number of fused-ring (bicyclic) bond motifs is 1. The summed E-state index contributed by atoms with van der Waals surface area (Å²) in [5, 5.41) is 2.59. The second-order valence-electron chi connectivity index (χ2n) is 6.03. The fraction of sp³-hybridized carbons (Fsp3) is 0.200. The van der Waals surface area contributed by atoms with Gasteiger partial charge in [-0.1, -0.05) is 11.6 Å². The molecule has 144 valence electrons. The molecule has 5 nitrogen and oxygen atoms in total. The molecule has 8 heteroatoms. The lowest BCUT2D eigenvalue weighted by Gasteiger charge is -2.21. The molecule has 0 N–H and O–H groups in total. The van der Waals surface area contributed by atoms with Crippen molar-refractivity contribution in [3.63, 3.8) is 0 Å². The van der Waals surface area contributed by atoms with Gasteiger partial charge < -0.3 is 14.2 Å². The van der Waals surface area contributed by atoms with Crippen molar-refractivity contribution in [1.29, 1.82) is 0 Å². The van der Waals surface area contributed by atoms with Gasteiger partial charge in [0.15, 0.2) is 6.79 Å². The van der Waals surface area contributed by atoms with Gasteiger partial charge in [-0.25, -0.2) is 9.78 Å². The van der Waals surface area contributed by atoms with E-state index in [4.69, 9.17) is 25.8 Å². The molecule has 3 aromatic rings. The number of hydrogen-bond acceptors (Lipinski definition) is 7. The van der Waals surface area contributed by atoms with Gasteiger partial charge in [-0.15, -0.1) is 23.1 Å². The number of rotatable bonds is 6. The van der Waals surface area contributed by atoms with Crippen LogP contribution in [0.2, 0.25) is 5.02 Å². The highest BCUT2D eigenvalue weighted by molar-refractivity contribution is 7.98. The Kier molecular flexibility index (Phi) is 6.17. The summed E-state index contributed by atoms with van der Waals surface area (Å²) in [6, 6.07) is 10.9. The summed E-state index contributed by atoms with van der Waals surface area (Å²) in [7, 11) is 0. The lowest BCUT2D eigenvalue weighted by Crippen LogP contribution is -2.14. The number of benzene rings is 2. The number of hydrogen-bond donors (Lipinski definition) is 0. The van der Waals surface area contributed by atoms with E-state index >= 15 is 0 Å². The molecule has 2 aromatic carbocycles. The second kappa shape index (κ2) is 8.96. The Balaban J connectivity index is 1.37. The largest absolute Gasteiger partial charge is 0.467 e. The highest BCUT2D eigenvalue weighted by atomic mass is 35.5. The average molecular weight is 434 g/mol. The van der Waals surface area contributed by atoms with Crippen LogP contribution in [-0.4, -0.2) is 17.7 Å². The molecule has 0 radical (unpaired) electrons. The molecule has 0 saturated heterocycles. The number of carbonyl (C=O) groups excluding carboxylic acids is 1. The third kappa shape index (κ3) is 4.67. The summed E-state index contributed by atoms with van der Waals surface area (Å²) in [6.07, 6.45) is 0. The Hall–Kier alpha value is -2.06. The van der Waals surface area contributed by atoms with E-state index in [1.165, 1.54) is 0 Å². The lowest BCUT2D eigenvalue weighted by atomic mass is 10.1. The third-order valence-corrected chi connectivity index (χ3v) is 5.97. The quantitative estimate of drug-likeness (QED) is 0.387. The third-order valence-electron chi connectivity index (χ3n) is 4.07. The summed E-state index contributed by atoms with van der Waals surface area (Å²) < 4.78 is 16.3. The molecule has 0 atom stereocenters. The van der Waals surface area contributed by atoms with E-state index in [0.717, 1.165) is 27.5 Å². The van der Waals surface area contributed by atoms with Crippen LogP contribution in [0.5, 0.6) is 5.75 Å². The van der Waals surface area contributed by atoms with Crippen molar-refractivity contribution in [2.45, 2.75) is 23.9 Å². The van der Waals surface area contributed by atoms with E-state index in [-0.39, 0.29) is 13.4 Å². The predicted octanol–water partition coefficient (Wildman–Crippen LogP) is 5.31. The van der Waals surface area contributed by atoms with Gasteiger partial charge in [-0.3, -0.25) is 0 Å². The van der Waals surface area contributed by atoms with E-state index in [1.807, 2.05) is 23.0 Å². The number of nitrogens with zero attached hydrogens (tertiary/aromatic N) is 1. The molecule has 0 amide bonds. The highest BCUT2D eigenvalue weighted by Crippen LogP contribution is 2.32. The van der Waals surface area contributed by atoms with Crippen LogP contribution in [0.3, 0.4) is 0 Å². The SMILES string of the molecule is O=C(OCc1cc(Cl)cc2c1OCOC2)c1ccc(SCc2cscn2)cc1. The molecule has 0 saturated carbocycles. The van der Waals surface area contributed by atoms with Crippen molar-refractivity contribution in [2.75, 3.05) is 6.79 Å². The highest BCUT2D eigenvalue weighted by Gasteiger charge is 2.18. The van der Waals surface area contributed by atoms with Crippen molar-refractivity contribution >= 4 is 40.7 Å². The first-order valence-corrected chi connectivity index (χ1v) is 10.8. The van der Waals surface area contributed by atoms with Crippen LogP contribution in [0.25, 0.3) is 0 Å². The number of thiazole rings is 1. The molecule has 1 aliphatic rings. The van der Waals surface area contributed by atoms with Gasteiger partial charge >= 0.3 is 5.97 Å². The summed E-state index contributed by atoms with van der Waals surface area (Å²) in [5.41, 5.74) is 4.96. The minimum Gasteiger partial charge on any atom is -0.467 e. The van der Waals surface area contributed by atoms with Crippen molar-refractivity contribution < 1.29 is 19.0 Å². The first-order valence-electron chi connectivity index (χ1n) is 8.48. The second-order valence-corrected chi connectivity index (χ2v) is 8.24. The van der Waals surface area contributed by atoms with Gasteiger partial charge in [0.1, 0.15) is 12.4 Å². The Bertz CT molecular complexity index is 961. The number of aromatic nitrogens is 1. The molecule has 2 heterocycles. The summed E-state index contributed by atoms with van der Waals surface area (Å²) in [6.45, 7) is 0.689. The zero-order chi connectivity index (χ0) is 19.3. The van der Waals surface area contributed by atoms with Crippen LogP contribution in [0.4, 0.5) is 0 Å². The van der Waals surface area contributed by atoms with Crippen LogP contribution in [0, 0.1) is 0 Å². The van der Waals surface area contributed by atoms with Crippen molar-refractivity contribution in [3.8, 4) is 5.75 Å². The molecule has 0 aliphatic carbocycles. The first-order chi connectivity index (χ1) is 13.7.